The molecule has 0 N–H and O–H groups in total. The summed E-state index contributed by atoms with van der Waals surface area (Å²) in [7, 11) is -1.09. The zero-order chi connectivity index (χ0) is 10.6. The maximum atomic E-state index is 11.4. The van der Waals surface area contributed by atoms with Crippen molar-refractivity contribution in [3.8, 4) is 0 Å². The van der Waals surface area contributed by atoms with Gasteiger partial charge in [-0.2, -0.15) is 4.31 Å². The highest BCUT2D eigenvalue weighted by Gasteiger charge is 2.28. The summed E-state index contributed by atoms with van der Waals surface area (Å²) in [5, 5.41) is -0.831. The normalized spacial score (nSPS) is 11.8. The Kier molecular flexibility index (Phi) is 4.35. The lowest BCUT2D eigenvalue weighted by Gasteiger charge is -2.20. The largest absolute Gasteiger partial charge is 0.354 e. The average molecular weight is 208 g/mol. The average Bonchev–Trinajstić information content (AvgIpc) is 2.06. The van der Waals surface area contributed by atoms with E-state index in [9.17, 15) is 13.2 Å². The summed E-state index contributed by atoms with van der Waals surface area (Å²) in [5.41, 5.74) is 0. The molecular formula is C7H16N2O3S. The van der Waals surface area contributed by atoms with Crippen molar-refractivity contribution >= 4 is 15.3 Å². The first-order valence-electron chi connectivity index (χ1n) is 4.09. The van der Waals surface area contributed by atoms with Crippen molar-refractivity contribution in [3.63, 3.8) is 0 Å². The molecule has 0 aromatic carbocycles. The van der Waals surface area contributed by atoms with Gasteiger partial charge in [-0.25, -0.2) is 8.42 Å². The Bertz CT molecular complexity index is 267. The van der Waals surface area contributed by atoms with E-state index >= 15 is 0 Å². The van der Waals surface area contributed by atoms with Gasteiger partial charge >= 0.3 is 5.24 Å². The monoisotopic (exact) mass is 208 g/mol. The third-order valence-corrected chi connectivity index (χ3v) is 3.38. The zero-order valence-electron chi connectivity index (χ0n) is 8.44. The zero-order valence-corrected chi connectivity index (χ0v) is 9.26. The molecule has 0 spiro atoms. The Morgan fingerprint density at radius 1 is 1.15 bits per heavy atom. The highest BCUT2D eigenvalue weighted by Crippen LogP contribution is 2.03. The number of nitrogens with zero attached hydrogens (tertiary/aromatic N) is 2. The van der Waals surface area contributed by atoms with Gasteiger partial charge in [-0.15, -0.1) is 0 Å². The molecule has 13 heavy (non-hydrogen) atoms. The van der Waals surface area contributed by atoms with Crippen molar-refractivity contribution < 1.29 is 13.2 Å². The summed E-state index contributed by atoms with van der Waals surface area (Å²) in [6.07, 6.45) is 0. The standard InChI is InChI=1S/C7H16N2O3S/c1-5-9(6-2)7(10)13(11,12)8(3)4/h5-6H2,1-4H3. The van der Waals surface area contributed by atoms with E-state index in [0.717, 1.165) is 4.31 Å². The fourth-order valence-corrected chi connectivity index (χ4v) is 1.70. The summed E-state index contributed by atoms with van der Waals surface area (Å²) >= 11 is 0. The molecule has 0 heterocycles. The fourth-order valence-electron chi connectivity index (χ4n) is 0.801. The molecule has 0 saturated heterocycles. The van der Waals surface area contributed by atoms with Crippen LogP contribution in [0, 0.1) is 0 Å². The van der Waals surface area contributed by atoms with Gasteiger partial charge in [-0.1, -0.05) is 0 Å². The van der Waals surface area contributed by atoms with Gasteiger partial charge in [0, 0.05) is 27.2 Å². The van der Waals surface area contributed by atoms with Gasteiger partial charge in [0.25, 0.3) is 10.0 Å². The Balaban J connectivity index is 4.79. The van der Waals surface area contributed by atoms with Crippen LogP contribution in [0.4, 0.5) is 4.79 Å². The van der Waals surface area contributed by atoms with Crippen LogP contribution < -0.4 is 0 Å². The minimum absolute atomic E-state index is 0.405. The molecule has 0 aromatic rings. The van der Waals surface area contributed by atoms with E-state index in [-0.39, 0.29) is 0 Å². The second-order valence-corrected chi connectivity index (χ2v) is 4.76. The first-order chi connectivity index (χ1) is 5.87. The van der Waals surface area contributed by atoms with Crippen molar-refractivity contribution in [2.24, 2.45) is 0 Å². The lowest BCUT2D eigenvalue weighted by atomic mass is 10.6. The summed E-state index contributed by atoms with van der Waals surface area (Å²) in [4.78, 5) is 12.6. The van der Waals surface area contributed by atoms with Gasteiger partial charge in [0.1, 0.15) is 0 Å². The first-order valence-corrected chi connectivity index (χ1v) is 5.53. The number of rotatable bonds is 3. The van der Waals surface area contributed by atoms with E-state index in [4.69, 9.17) is 0 Å². The molecule has 0 rings (SSSR count). The predicted molar refractivity (Wildman–Crippen MR) is 50.9 cm³/mol. The molecule has 0 radical (unpaired) electrons. The van der Waals surface area contributed by atoms with Crippen LogP contribution in [-0.4, -0.2) is 50.0 Å². The van der Waals surface area contributed by atoms with Gasteiger partial charge in [0.2, 0.25) is 0 Å². The predicted octanol–water partition coefficient (Wildman–Crippen LogP) is 0.340. The van der Waals surface area contributed by atoms with Gasteiger partial charge in [0.15, 0.2) is 0 Å². The van der Waals surface area contributed by atoms with Gasteiger partial charge in [0.05, 0.1) is 0 Å². The Morgan fingerprint density at radius 3 is 1.77 bits per heavy atom. The summed E-state index contributed by atoms with van der Waals surface area (Å²) in [6.45, 7) is 4.30. The minimum atomic E-state index is -3.78. The van der Waals surface area contributed by atoms with E-state index in [1.54, 1.807) is 13.8 Å². The van der Waals surface area contributed by atoms with Crippen LogP contribution >= 0.6 is 0 Å². The molecule has 0 saturated carbocycles. The number of carbonyl (C=O) groups is 1. The SMILES string of the molecule is CCN(CC)C(=O)S(=O)(=O)N(C)C. The quantitative estimate of drug-likeness (QED) is 0.672. The summed E-state index contributed by atoms with van der Waals surface area (Å²) < 4.78 is 23.6. The van der Waals surface area contributed by atoms with E-state index < -0.39 is 15.3 Å². The molecule has 5 nitrogen and oxygen atoms in total. The molecule has 0 fully saturated rings. The summed E-state index contributed by atoms with van der Waals surface area (Å²) in [6, 6.07) is 0. The smallest absolute Gasteiger partial charge is 0.329 e. The van der Waals surface area contributed by atoms with E-state index in [1.165, 1.54) is 19.0 Å². The third kappa shape index (κ3) is 2.67. The Hall–Kier alpha value is -0.620. The van der Waals surface area contributed by atoms with Crippen LogP contribution in [0.15, 0.2) is 0 Å². The molecule has 1 amide bonds. The number of hydrogen-bond donors (Lipinski definition) is 0. The number of sulfonamides is 1. The molecule has 78 valence electrons. The molecule has 0 aromatic heterocycles. The molecule has 0 aliphatic heterocycles. The fraction of sp³-hybridized carbons (Fsp3) is 0.857. The lowest BCUT2D eigenvalue weighted by Crippen LogP contribution is -2.40. The molecular weight excluding hydrogens is 192 g/mol. The van der Waals surface area contributed by atoms with Gasteiger partial charge in [-0.3, -0.25) is 4.79 Å². The number of carbonyl (C=O) groups excluding carboxylic acids is 1. The number of hydrogen-bond acceptors (Lipinski definition) is 3. The van der Waals surface area contributed by atoms with Crippen LogP contribution in [0.5, 0.6) is 0 Å². The third-order valence-electron chi connectivity index (χ3n) is 1.72. The Labute approximate surface area is 79.4 Å². The van der Waals surface area contributed by atoms with Crippen LogP contribution in [-0.2, 0) is 10.0 Å². The molecule has 6 heteroatoms. The topological polar surface area (TPSA) is 57.7 Å². The second-order valence-electron chi connectivity index (χ2n) is 2.73. The molecule has 0 bridgehead atoms. The van der Waals surface area contributed by atoms with Crippen LogP contribution in [0.1, 0.15) is 13.8 Å². The maximum absolute atomic E-state index is 11.4. The number of amides is 1. The van der Waals surface area contributed by atoms with E-state index in [1.807, 2.05) is 0 Å². The van der Waals surface area contributed by atoms with E-state index in [2.05, 4.69) is 0 Å². The van der Waals surface area contributed by atoms with Crippen LogP contribution in [0.2, 0.25) is 0 Å². The molecule has 0 unspecified atom stereocenters. The van der Waals surface area contributed by atoms with Crippen molar-refractivity contribution in [1.82, 2.24) is 9.21 Å². The highest BCUT2D eigenvalue weighted by atomic mass is 32.2. The van der Waals surface area contributed by atoms with Crippen molar-refractivity contribution in [2.75, 3.05) is 27.2 Å². The van der Waals surface area contributed by atoms with Gasteiger partial charge in [-0.05, 0) is 13.8 Å². The van der Waals surface area contributed by atoms with Gasteiger partial charge < -0.3 is 4.90 Å². The molecule has 0 aliphatic rings. The van der Waals surface area contributed by atoms with Crippen molar-refractivity contribution in [2.45, 2.75) is 13.8 Å². The van der Waals surface area contributed by atoms with Crippen LogP contribution in [0.25, 0.3) is 0 Å². The first kappa shape index (κ1) is 12.4. The highest BCUT2D eigenvalue weighted by molar-refractivity contribution is 8.03. The summed E-state index contributed by atoms with van der Waals surface area (Å²) in [5.74, 6) is 0. The lowest BCUT2D eigenvalue weighted by molar-refractivity contribution is 0.224. The molecule has 0 aliphatic carbocycles. The van der Waals surface area contributed by atoms with Crippen molar-refractivity contribution in [3.05, 3.63) is 0 Å². The second kappa shape index (κ2) is 4.57. The molecule has 0 atom stereocenters. The van der Waals surface area contributed by atoms with Crippen molar-refractivity contribution in [1.29, 1.82) is 0 Å². The minimum Gasteiger partial charge on any atom is -0.329 e. The Morgan fingerprint density at radius 2 is 1.54 bits per heavy atom. The van der Waals surface area contributed by atoms with E-state index in [0.29, 0.717) is 13.1 Å². The maximum Gasteiger partial charge on any atom is 0.354 e. The van der Waals surface area contributed by atoms with Crippen LogP contribution in [0.3, 0.4) is 0 Å².